The molecule has 0 fully saturated rings. The summed E-state index contributed by atoms with van der Waals surface area (Å²) in [5.41, 5.74) is 0.377. The molecule has 0 radical (unpaired) electrons. The Labute approximate surface area is 124 Å². The Morgan fingerprint density at radius 2 is 1.95 bits per heavy atom. The highest BCUT2D eigenvalue weighted by Crippen LogP contribution is 2.26. The van der Waals surface area contributed by atoms with Gasteiger partial charge in [0.25, 0.3) is 10.0 Å². The normalized spacial score (nSPS) is 11.6. The number of halogens is 2. The molecule has 1 aromatic heterocycles. The van der Waals surface area contributed by atoms with Gasteiger partial charge in [0, 0.05) is 13.6 Å². The van der Waals surface area contributed by atoms with Crippen LogP contribution in [0.25, 0.3) is 0 Å². The van der Waals surface area contributed by atoms with Gasteiger partial charge in [-0.2, -0.15) is 8.42 Å². The minimum absolute atomic E-state index is 0.0522. The lowest BCUT2D eigenvalue weighted by Gasteiger charge is -2.22. The molecule has 0 amide bonds. The fourth-order valence-corrected chi connectivity index (χ4v) is 4.31. The zero-order valence-corrected chi connectivity index (χ0v) is 13.2. The van der Waals surface area contributed by atoms with Gasteiger partial charge in [0.1, 0.15) is 5.82 Å². The lowest BCUT2D eigenvalue weighted by atomic mass is 10.3. The minimum atomic E-state index is -3.83. The van der Waals surface area contributed by atoms with Crippen molar-refractivity contribution in [3.05, 3.63) is 34.7 Å². The summed E-state index contributed by atoms with van der Waals surface area (Å²) in [5.74, 6) is -0.425. The molecule has 2 aromatic rings. The first-order valence-electron chi connectivity index (χ1n) is 5.71. The summed E-state index contributed by atoms with van der Waals surface area (Å²) in [7, 11) is -2.34. The van der Waals surface area contributed by atoms with Gasteiger partial charge in [-0.3, -0.25) is 4.31 Å². The molecule has 1 heterocycles. The zero-order valence-electron chi connectivity index (χ0n) is 10.8. The monoisotopic (exact) mass is 362 g/mol. The molecule has 0 bridgehead atoms. The number of benzene rings is 1. The summed E-state index contributed by atoms with van der Waals surface area (Å²) in [4.78, 5) is 0. The lowest BCUT2D eigenvalue weighted by molar-refractivity contribution is 0.569. The predicted octanol–water partition coefficient (Wildman–Crippen LogP) is 1.93. The minimum Gasteiger partial charge on any atom is -0.265 e. The van der Waals surface area contributed by atoms with Crippen molar-refractivity contribution in [2.24, 2.45) is 7.05 Å². The highest BCUT2D eigenvalue weighted by Gasteiger charge is 2.30. The van der Waals surface area contributed by atoms with Crippen LogP contribution in [0.15, 0.2) is 33.9 Å². The van der Waals surface area contributed by atoms with Crippen LogP contribution in [0.5, 0.6) is 0 Å². The van der Waals surface area contributed by atoms with Crippen molar-refractivity contribution >= 4 is 31.6 Å². The molecule has 2 rings (SSSR count). The highest BCUT2D eigenvalue weighted by molar-refractivity contribution is 9.10. The van der Waals surface area contributed by atoms with Gasteiger partial charge >= 0.3 is 0 Å². The number of nitrogens with zero attached hydrogens (tertiary/aromatic N) is 4. The molecule has 0 unspecified atom stereocenters. The molecular weight excluding hydrogens is 351 g/mol. The molecule has 0 aliphatic heterocycles. The van der Waals surface area contributed by atoms with Gasteiger partial charge in [-0.15, -0.1) is 5.10 Å². The molecule has 0 spiro atoms. The largest absolute Gasteiger partial charge is 0.284 e. The van der Waals surface area contributed by atoms with Crippen molar-refractivity contribution in [1.82, 2.24) is 15.0 Å². The van der Waals surface area contributed by atoms with E-state index < -0.39 is 15.8 Å². The average Bonchev–Trinajstić information content (AvgIpc) is 2.72. The van der Waals surface area contributed by atoms with Crippen molar-refractivity contribution in [2.45, 2.75) is 11.9 Å². The third kappa shape index (κ3) is 2.55. The molecule has 6 nitrogen and oxygen atoms in total. The standard InChI is InChI=1S/C11H12BrFN4O2S/c1-3-17(9-6-4-8(13)5-7-9)20(18,19)11-10(12)14-15-16(11)2/h4-7H,3H2,1-2H3. The first-order valence-corrected chi connectivity index (χ1v) is 7.94. The van der Waals surface area contributed by atoms with E-state index in [1.807, 2.05) is 0 Å². The van der Waals surface area contributed by atoms with E-state index >= 15 is 0 Å². The maximum atomic E-state index is 13.0. The molecule has 0 aliphatic carbocycles. The predicted molar refractivity (Wildman–Crippen MR) is 75.3 cm³/mol. The molecule has 0 atom stereocenters. The van der Waals surface area contributed by atoms with Gasteiger partial charge in [-0.05, 0) is 47.1 Å². The third-order valence-corrected chi connectivity index (χ3v) is 5.47. The topological polar surface area (TPSA) is 68.1 Å². The number of hydrogen-bond acceptors (Lipinski definition) is 4. The fraction of sp³-hybridized carbons (Fsp3) is 0.273. The van der Waals surface area contributed by atoms with Crippen LogP contribution in [0.4, 0.5) is 10.1 Å². The Hall–Kier alpha value is -1.48. The Bertz CT molecular complexity index is 695. The van der Waals surface area contributed by atoms with Crippen molar-refractivity contribution < 1.29 is 12.8 Å². The smallest absolute Gasteiger partial charge is 0.265 e. The first kappa shape index (κ1) is 14.9. The number of rotatable bonds is 4. The summed E-state index contributed by atoms with van der Waals surface area (Å²) in [6.07, 6.45) is 0. The second kappa shape index (κ2) is 5.49. The highest BCUT2D eigenvalue weighted by atomic mass is 79.9. The molecule has 20 heavy (non-hydrogen) atoms. The average molecular weight is 363 g/mol. The number of sulfonamides is 1. The number of anilines is 1. The van der Waals surface area contributed by atoms with E-state index in [0.29, 0.717) is 5.69 Å². The van der Waals surface area contributed by atoms with Gasteiger partial charge in [0.05, 0.1) is 5.69 Å². The summed E-state index contributed by atoms with van der Waals surface area (Å²) in [5, 5.41) is 7.28. The Morgan fingerprint density at radius 1 is 1.35 bits per heavy atom. The first-order chi connectivity index (χ1) is 9.37. The summed E-state index contributed by atoms with van der Waals surface area (Å²) >= 11 is 3.07. The van der Waals surface area contributed by atoms with Crippen molar-refractivity contribution in [3.63, 3.8) is 0 Å². The quantitative estimate of drug-likeness (QED) is 0.833. The number of hydrogen-bond donors (Lipinski definition) is 0. The van der Waals surface area contributed by atoms with Gasteiger partial charge in [0.2, 0.25) is 5.03 Å². The summed E-state index contributed by atoms with van der Waals surface area (Å²) < 4.78 is 40.7. The molecular formula is C11H12BrFN4O2S. The van der Waals surface area contributed by atoms with Crippen molar-refractivity contribution in [3.8, 4) is 0 Å². The Kier molecular flexibility index (Phi) is 4.09. The SMILES string of the molecule is CCN(c1ccc(F)cc1)S(=O)(=O)c1c(Br)nnn1C. The van der Waals surface area contributed by atoms with Crippen LogP contribution in [0.2, 0.25) is 0 Å². The van der Waals surface area contributed by atoms with Crippen LogP contribution < -0.4 is 4.31 Å². The maximum absolute atomic E-state index is 13.0. The Morgan fingerprint density at radius 3 is 2.40 bits per heavy atom. The second-order valence-corrected chi connectivity index (χ2v) is 6.48. The van der Waals surface area contributed by atoms with E-state index in [-0.39, 0.29) is 16.2 Å². The molecule has 108 valence electrons. The fourth-order valence-electron chi connectivity index (χ4n) is 1.80. The molecule has 0 N–H and O–H groups in total. The van der Waals surface area contributed by atoms with Crippen LogP contribution in [0.1, 0.15) is 6.92 Å². The van der Waals surface area contributed by atoms with E-state index in [1.165, 1.54) is 36.0 Å². The molecule has 9 heteroatoms. The van der Waals surface area contributed by atoms with Gasteiger partial charge < -0.3 is 0 Å². The van der Waals surface area contributed by atoms with E-state index in [2.05, 4.69) is 26.2 Å². The number of aromatic nitrogens is 3. The van der Waals surface area contributed by atoms with Crippen LogP contribution >= 0.6 is 15.9 Å². The van der Waals surface area contributed by atoms with Crippen molar-refractivity contribution in [1.29, 1.82) is 0 Å². The molecule has 0 aliphatic rings. The van der Waals surface area contributed by atoms with E-state index in [9.17, 15) is 12.8 Å². The Balaban J connectivity index is 2.53. The lowest BCUT2D eigenvalue weighted by Crippen LogP contribution is -2.32. The van der Waals surface area contributed by atoms with Gasteiger partial charge in [-0.1, -0.05) is 5.21 Å². The number of aryl methyl sites for hydroxylation is 1. The van der Waals surface area contributed by atoms with Crippen LogP contribution in [0.3, 0.4) is 0 Å². The zero-order chi connectivity index (χ0) is 14.9. The molecule has 0 saturated carbocycles. The maximum Gasteiger partial charge on any atom is 0.284 e. The van der Waals surface area contributed by atoms with Crippen LogP contribution in [-0.4, -0.2) is 30.0 Å². The van der Waals surface area contributed by atoms with Crippen LogP contribution in [-0.2, 0) is 17.1 Å². The molecule has 1 aromatic carbocycles. The van der Waals surface area contributed by atoms with E-state index in [1.54, 1.807) is 6.92 Å². The van der Waals surface area contributed by atoms with Gasteiger partial charge in [-0.25, -0.2) is 9.07 Å². The van der Waals surface area contributed by atoms with Crippen molar-refractivity contribution in [2.75, 3.05) is 10.8 Å². The van der Waals surface area contributed by atoms with E-state index in [4.69, 9.17) is 0 Å². The second-order valence-electron chi connectivity index (χ2n) is 3.96. The summed E-state index contributed by atoms with van der Waals surface area (Å²) in [6.45, 7) is 1.89. The van der Waals surface area contributed by atoms with Crippen LogP contribution in [0, 0.1) is 5.82 Å². The summed E-state index contributed by atoms with van der Waals surface area (Å²) in [6, 6.07) is 5.25. The van der Waals surface area contributed by atoms with Gasteiger partial charge in [0.15, 0.2) is 4.60 Å². The molecule has 0 saturated heterocycles. The third-order valence-electron chi connectivity index (χ3n) is 2.67. The van der Waals surface area contributed by atoms with E-state index in [0.717, 1.165) is 4.31 Å².